The molecule has 1 fully saturated rings. The van der Waals surface area contributed by atoms with E-state index in [4.69, 9.17) is 5.11 Å². The van der Waals surface area contributed by atoms with Gasteiger partial charge in [0.25, 0.3) is 5.91 Å². The lowest BCUT2D eigenvalue weighted by molar-refractivity contribution is 0.0953. The molecule has 1 aliphatic heterocycles. The normalized spacial score (nSPS) is 17.7. The van der Waals surface area contributed by atoms with Crippen LogP contribution in [-0.4, -0.2) is 35.2 Å². The number of benzene rings is 1. The third-order valence-electron chi connectivity index (χ3n) is 3.42. The van der Waals surface area contributed by atoms with E-state index in [2.05, 4.69) is 17.2 Å². The van der Waals surface area contributed by atoms with Crippen LogP contribution in [0.15, 0.2) is 18.2 Å². The topological polar surface area (TPSA) is 49.3 Å². The third-order valence-corrected chi connectivity index (χ3v) is 4.81. The quantitative estimate of drug-likeness (QED) is 0.843. The Labute approximate surface area is 130 Å². The second kappa shape index (κ2) is 8.11. The highest BCUT2D eigenvalue weighted by molar-refractivity contribution is 7.99. The van der Waals surface area contributed by atoms with Crippen LogP contribution in [0.5, 0.6) is 0 Å². The number of aliphatic hydroxyl groups is 1. The molecule has 0 spiro atoms. The number of aliphatic hydroxyl groups excluding tert-OH is 1. The summed E-state index contributed by atoms with van der Waals surface area (Å²) in [5, 5.41) is 12.3. The van der Waals surface area contributed by atoms with Crippen molar-refractivity contribution >= 4 is 17.7 Å². The van der Waals surface area contributed by atoms with Crippen molar-refractivity contribution in [2.24, 2.45) is 0 Å². The average molecular weight is 303 g/mol. The Kier molecular flexibility index (Phi) is 6.16. The highest BCUT2D eigenvalue weighted by Crippen LogP contribution is 2.24. The molecule has 0 radical (unpaired) electrons. The summed E-state index contributed by atoms with van der Waals surface area (Å²) in [6.45, 7) is 2.50. The van der Waals surface area contributed by atoms with Crippen molar-refractivity contribution in [2.45, 2.75) is 31.4 Å². The minimum Gasteiger partial charge on any atom is -0.384 e. The smallest absolute Gasteiger partial charge is 0.251 e. The number of carbonyl (C=O) groups is 1. The Morgan fingerprint density at radius 3 is 3.00 bits per heavy atom. The lowest BCUT2D eigenvalue weighted by Gasteiger charge is -2.21. The van der Waals surface area contributed by atoms with E-state index in [9.17, 15) is 4.79 Å². The molecule has 1 unspecified atom stereocenters. The van der Waals surface area contributed by atoms with Crippen LogP contribution in [0.3, 0.4) is 0 Å². The zero-order valence-corrected chi connectivity index (χ0v) is 13.1. The van der Waals surface area contributed by atoms with Crippen molar-refractivity contribution in [3.8, 4) is 11.8 Å². The van der Waals surface area contributed by atoms with Crippen molar-refractivity contribution in [2.75, 3.05) is 18.9 Å². The van der Waals surface area contributed by atoms with E-state index in [1.165, 1.54) is 25.0 Å². The molecule has 1 aromatic rings. The van der Waals surface area contributed by atoms with Gasteiger partial charge in [-0.2, -0.15) is 11.8 Å². The second-order valence-electron chi connectivity index (χ2n) is 5.25. The van der Waals surface area contributed by atoms with E-state index >= 15 is 0 Å². The molecular formula is C17H21NO2S. The predicted molar refractivity (Wildman–Crippen MR) is 87.6 cm³/mol. The summed E-state index contributed by atoms with van der Waals surface area (Å²) in [7, 11) is 0. The number of thioether (sulfide) groups is 1. The Bertz CT molecular complexity index is 554. The van der Waals surface area contributed by atoms with E-state index in [1.54, 1.807) is 6.07 Å². The third kappa shape index (κ3) is 5.11. The van der Waals surface area contributed by atoms with Gasteiger partial charge < -0.3 is 10.4 Å². The van der Waals surface area contributed by atoms with Gasteiger partial charge in [0.1, 0.15) is 6.61 Å². The largest absolute Gasteiger partial charge is 0.384 e. The number of hydrogen-bond donors (Lipinski definition) is 2. The molecule has 1 aromatic carbocycles. The molecule has 4 heteroatoms. The van der Waals surface area contributed by atoms with Crippen molar-refractivity contribution in [3.05, 3.63) is 34.9 Å². The highest BCUT2D eigenvalue weighted by atomic mass is 32.2. The van der Waals surface area contributed by atoms with Crippen molar-refractivity contribution in [3.63, 3.8) is 0 Å². The van der Waals surface area contributed by atoms with E-state index < -0.39 is 0 Å². The number of hydrogen-bond acceptors (Lipinski definition) is 3. The molecule has 21 heavy (non-hydrogen) atoms. The summed E-state index contributed by atoms with van der Waals surface area (Å²) in [6.07, 6.45) is 3.74. The van der Waals surface area contributed by atoms with Gasteiger partial charge in [0, 0.05) is 22.9 Å². The van der Waals surface area contributed by atoms with E-state index in [0.717, 1.165) is 17.7 Å². The fraction of sp³-hybridized carbons (Fsp3) is 0.471. The molecular weight excluding hydrogens is 282 g/mol. The molecule has 2 N–H and O–H groups in total. The van der Waals surface area contributed by atoms with Crippen LogP contribution in [0.4, 0.5) is 0 Å². The second-order valence-corrected chi connectivity index (χ2v) is 6.65. The van der Waals surface area contributed by atoms with Gasteiger partial charge in [0.2, 0.25) is 0 Å². The lowest BCUT2D eigenvalue weighted by atomic mass is 10.1. The van der Waals surface area contributed by atoms with Crippen molar-refractivity contribution in [1.82, 2.24) is 5.32 Å². The molecule has 1 atom stereocenters. The molecule has 0 bridgehead atoms. The summed E-state index contributed by atoms with van der Waals surface area (Å²) in [5.74, 6) is 6.62. The molecule has 1 saturated heterocycles. The maximum absolute atomic E-state index is 12.2. The predicted octanol–water partition coefficient (Wildman–Crippen LogP) is 2.35. The van der Waals surface area contributed by atoms with E-state index in [-0.39, 0.29) is 12.5 Å². The Balaban J connectivity index is 1.99. The van der Waals surface area contributed by atoms with Crippen molar-refractivity contribution < 1.29 is 9.90 Å². The number of rotatable bonds is 3. The van der Waals surface area contributed by atoms with Crippen LogP contribution in [-0.2, 0) is 0 Å². The van der Waals surface area contributed by atoms with Crippen LogP contribution in [0.25, 0.3) is 0 Å². The summed E-state index contributed by atoms with van der Waals surface area (Å²) < 4.78 is 0. The average Bonchev–Trinajstić information content (AvgIpc) is 2.51. The van der Waals surface area contributed by atoms with Gasteiger partial charge in [-0.3, -0.25) is 4.79 Å². The van der Waals surface area contributed by atoms with Crippen LogP contribution in [0, 0.1) is 18.8 Å². The van der Waals surface area contributed by atoms with Crippen LogP contribution < -0.4 is 5.32 Å². The molecule has 3 nitrogen and oxygen atoms in total. The van der Waals surface area contributed by atoms with Gasteiger partial charge in [0.15, 0.2) is 0 Å². The van der Waals surface area contributed by atoms with Gasteiger partial charge in [-0.15, -0.1) is 0 Å². The minimum absolute atomic E-state index is 0.0445. The first-order valence-electron chi connectivity index (χ1n) is 7.30. The zero-order chi connectivity index (χ0) is 15.1. The minimum atomic E-state index is -0.172. The molecule has 2 rings (SSSR count). The maximum atomic E-state index is 12.2. The van der Waals surface area contributed by atoms with E-state index in [0.29, 0.717) is 10.8 Å². The molecule has 1 heterocycles. The number of carbonyl (C=O) groups excluding carboxylic acids is 1. The number of nitrogens with one attached hydrogen (secondary N) is 1. The summed E-state index contributed by atoms with van der Waals surface area (Å²) in [4.78, 5) is 12.2. The van der Waals surface area contributed by atoms with Crippen LogP contribution in [0.1, 0.15) is 40.7 Å². The number of aryl methyl sites for hydroxylation is 1. The summed E-state index contributed by atoms with van der Waals surface area (Å²) in [5.41, 5.74) is 2.40. The molecule has 0 aliphatic carbocycles. The first kappa shape index (κ1) is 15.9. The first-order chi connectivity index (χ1) is 10.2. The van der Waals surface area contributed by atoms with Gasteiger partial charge in [0.05, 0.1) is 0 Å². The first-order valence-corrected chi connectivity index (χ1v) is 8.35. The fourth-order valence-corrected chi connectivity index (χ4v) is 3.64. The van der Waals surface area contributed by atoms with Crippen LogP contribution >= 0.6 is 11.8 Å². The maximum Gasteiger partial charge on any atom is 0.251 e. The van der Waals surface area contributed by atoms with E-state index in [1.807, 2.05) is 30.8 Å². The van der Waals surface area contributed by atoms with Gasteiger partial charge >= 0.3 is 0 Å². The molecule has 0 saturated carbocycles. The summed E-state index contributed by atoms with van der Waals surface area (Å²) in [6, 6.07) is 5.56. The summed E-state index contributed by atoms with van der Waals surface area (Å²) >= 11 is 1.95. The molecule has 0 aromatic heterocycles. The Morgan fingerprint density at radius 1 is 1.43 bits per heavy atom. The van der Waals surface area contributed by atoms with Gasteiger partial charge in [-0.05, 0) is 49.3 Å². The molecule has 1 amide bonds. The molecule has 112 valence electrons. The zero-order valence-electron chi connectivity index (χ0n) is 12.3. The Morgan fingerprint density at radius 2 is 2.29 bits per heavy atom. The molecule has 1 aliphatic rings. The highest BCUT2D eigenvalue weighted by Gasteiger charge is 2.15. The van der Waals surface area contributed by atoms with Crippen LogP contribution in [0.2, 0.25) is 0 Å². The van der Waals surface area contributed by atoms with Gasteiger partial charge in [-0.25, -0.2) is 0 Å². The van der Waals surface area contributed by atoms with Crippen molar-refractivity contribution in [1.29, 1.82) is 0 Å². The number of amides is 1. The monoisotopic (exact) mass is 303 g/mol. The van der Waals surface area contributed by atoms with Gasteiger partial charge in [-0.1, -0.05) is 18.3 Å². The lowest BCUT2D eigenvalue weighted by Crippen LogP contribution is -2.32. The SMILES string of the molecule is Cc1cc(C#CCO)cc(C(=O)NCC2CCCCS2)c1. The Hall–Kier alpha value is -1.44. The fourth-order valence-electron chi connectivity index (χ4n) is 2.40. The standard InChI is InChI=1S/C17H21NO2S/c1-13-9-14(5-4-7-19)11-15(10-13)17(20)18-12-16-6-2-3-8-21-16/h9-11,16,19H,2-3,6-8,12H2,1H3,(H,18,20).